The van der Waals surface area contributed by atoms with Crippen LogP contribution in [-0.2, 0) is 16.4 Å². The minimum absolute atomic E-state index is 0.0832. The second-order valence-corrected chi connectivity index (χ2v) is 6.03. The molecule has 0 heterocycles. The van der Waals surface area contributed by atoms with Crippen molar-refractivity contribution in [2.24, 2.45) is 0 Å². The molecule has 0 fully saturated rings. The third-order valence-corrected chi connectivity index (χ3v) is 4.09. The molecule has 84 valence electrons. The fourth-order valence-electron chi connectivity index (χ4n) is 1.08. The Balaban J connectivity index is 2.71. The summed E-state index contributed by atoms with van der Waals surface area (Å²) in [6.07, 6.45) is 0.474. The molecule has 0 atom stereocenters. The number of halogens is 1. The topological polar surface area (TPSA) is 72.2 Å². The normalized spacial score (nSPS) is 11.6. The van der Waals surface area contributed by atoms with Crippen LogP contribution in [0.2, 0.25) is 0 Å². The van der Waals surface area contributed by atoms with Crippen LogP contribution in [-0.4, -0.2) is 21.2 Å². The minimum Gasteiger partial charge on any atom is -0.398 e. The SMILES string of the molecule is CNS(=O)(=O)CCc1ccc(N)c(Br)c1. The number of nitrogen functional groups attached to an aromatic ring is 1. The first kappa shape index (κ1) is 12.5. The van der Waals surface area contributed by atoms with Gasteiger partial charge in [-0.3, -0.25) is 0 Å². The van der Waals surface area contributed by atoms with Gasteiger partial charge in [-0.1, -0.05) is 6.07 Å². The van der Waals surface area contributed by atoms with Gasteiger partial charge in [0, 0.05) is 10.2 Å². The first-order valence-electron chi connectivity index (χ1n) is 4.40. The van der Waals surface area contributed by atoms with Crippen molar-refractivity contribution < 1.29 is 8.42 Å². The van der Waals surface area contributed by atoms with Crippen molar-refractivity contribution in [3.8, 4) is 0 Å². The second kappa shape index (κ2) is 4.96. The number of nitrogens with two attached hydrogens (primary N) is 1. The lowest BCUT2D eigenvalue weighted by atomic mass is 10.1. The molecular formula is C9H13BrN2O2S. The molecule has 15 heavy (non-hydrogen) atoms. The molecule has 6 heteroatoms. The molecule has 0 radical (unpaired) electrons. The summed E-state index contributed by atoms with van der Waals surface area (Å²) < 4.78 is 25.4. The van der Waals surface area contributed by atoms with Crippen molar-refractivity contribution in [3.63, 3.8) is 0 Å². The largest absolute Gasteiger partial charge is 0.398 e. The number of aryl methyl sites for hydroxylation is 1. The lowest BCUT2D eigenvalue weighted by Gasteiger charge is -2.04. The lowest BCUT2D eigenvalue weighted by Crippen LogP contribution is -2.23. The molecule has 0 amide bonds. The zero-order chi connectivity index (χ0) is 11.5. The first-order valence-corrected chi connectivity index (χ1v) is 6.84. The fourth-order valence-corrected chi connectivity index (χ4v) is 2.22. The molecule has 0 aliphatic carbocycles. The van der Waals surface area contributed by atoms with E-state index in [-0.39, 0.29) is 5.75 Å². The molecule has 1 aromatic carbocycles. The predicted octanol–water partition coefficient (Wildman–Crippen LogP) is 1.12. The molecule has 1 rings (SSSR count). The highest BCUT2D eigenvalue weighted by atomic mass is 79.9. The average molecular weight is 293 g/mol. The van der Waals surface area contributed by atoms with E-state index >= 15 is 0 Å². The highest BCUT2D eigenvalue weighted by Gasteiger charge is 2.07. The zero-order valence-electron chi connectivity index (χ0n) is 8.33. The molecule has 1 aromatic rings. The van der Waals surface area contributed by atoms with Crippen LogP contribution in [0.15, 0.2) is 22.7 Å². The number of hydrogen-bond donors (Lipinski definition) is 2. The number of anilines is 1. The molecule has 0 saturated carbocycles. The van der Waals surface area contributed by atoms with Crippen LogP contribution in [0, 0.1) is 0 Å². The third-order valence-electron chi connectivity index (χ3n) is 2.04. The summed E-state index contributed by atoms with van der Waals surface area (Å²) in [5.74, 6) is 0.0832. The Morgan fingerprint density at radius 1 is 1.47 bits per heavy atom. The number of rotatable bonds is 4. The van der Waals surface area contributed by atoms with Gasteiger partial charge in [0.1, 0.15) is 0 Å². The van der Waals surface area contributed by atoms with Gasteiger partial charge < -0.3 is 5.73 Å². The van der Waals surface area contributed by atoms with Crippen LogP contribution in [0.1, 0.15) is 5.56 Å². The maximum absolute atomic E-state index is 11.2. The van der Waals surface area contributed by atoms with Gasteiger partial charge in [-0.05, 0) is 47.1 Å². The summed E-state index contributed by atoms with van der Waals surface area (Å²) in [6.45, 7) is 0. The van der Waals surface area contributed by atoms with E-state index in [1.54, 1.807) is 6.07 Å². The van der Waals surface area contributed by atoms with E-state index in [9.17, 15) is 8.42 Å². The third kappa shape index (κ3) is 3.81. The fraction of sp³-hybridized carbons (Fsp3) is 0.333. The summed E-state index contributed by atoms with van der Waals surface area (Å²) in [4.78, 5) is 0. The van der Waals surface area contributed by atoms with E-state index in [2.05, 4.69) is 20.7 Å². The molecule has 4 nitrogen and oxygen atoms in total. The van der Waals surface area contributed by atoms with Crippen molar-refractivity contribution in [2.45, 2.75) is 6.42 Å². The summed E-state index contributed by atoms with van der Waals surface area (Å²) in [6, 6.07) is 5.41. The van der Waals surface area contributed by atoms with Crippen LogP contribution in [0.5, 0.6) is 0 Å². The van der Waals surface area contributed by atoms with Gasteiger partial charge in [0.15, 0.2) is 0 Å². The van der Waals surface area contributed by atoms with Crippen LogP contribution in [0.25, 0.3) is 0 Å². The Bertz CT molecular complexity index is 445. The Hall–Kier alpha value is -0.590. The van der Waals surface area contributed by atoms with Gasteiger partial charge >= 0.3 is 0 Å². The maximum Gasteiger partial charge on any atom is 0.211 e. The van der Waals surface area contributed by atoms with Gasteiger partial charge in [-0.2, -0.15) is 0 Å². The quantitative estimate of drug-likeness (QED) is 0.817. The van der Waals surface area contributed by atoms with Crippen molar-refractivity contribution in [1.82, 2.24) is 4.72 Å². The number of nitrogens with one attached hydrogen (secondary N) is 1. The van der Waals surface area contributed by atoms with Gasteiger partial charge in [-0.25, -0.2) is 13.1 Å². The van der Waals surface area contributed by atoms with E-state index in [0.717, 1.165) is 10.0 Å². The maximum atomic E-state index is 11.2. The molecule has 0 spiro atoms. The van der Waals surface area contributed by atoms with E-state index in [1.807, 2.05) is 12.1 Å². The highest BCUT2D eigenvalue weighted by molar-refractivity contribution is 9.10. The standard InChI is InChI=1S/C9H13BrN2O2S/c1-12-15(13,14)5-4-7-2-3-9(11)8(10)6-7/h2-3,6,12H,4-5,11H2,1H3. The van der Waals surface area contributed by atoms with Crippen LogP contribution in [0.4, 0.5) is 5.69 Å². The monoisotopic (exact) mass is 292 g/mol. The number of benzene rings is 1. The molecule has 0 unspecified atom stereocenters. The van der Waals surface area contributed by atoms with E-state index in [1.165, 1.54) is 7.05 Å². The first-order chi connectivity index (χ1) is 6.94. The van der Waals surface area contributed by atoms with E-state index in [0.29, 0.717) is 12.1 Å². The Morgan fingerprint density at radius 3 is 2.67 bits per heavy atom. The Morgan fingerprint density at radius 2 is 2.13 bits per heavy atom. The molecule has 0 saturated heterocycles. The summed E-state index contributed by atoms with van der Waals surface area (Å²) in [7, 11) is -1.73. The van der Waals surface area contributed by atoms with Gasteiger partial charge in [0.05, 0.1) is 5.75 Å². The molecule has 0 aromatic heterocycles. The van der Waals surface area contributed by atoms with Crippen molar-refractivity contribution in [2.75, 3.05) is 18.5 Å². The Kier molecular flexibility index (Phi) is 4.12. The summed E-state index contributed by atoms with van der Waals surface area (Å²) >= 11 is 3.29. The van der Waals surface area contributed by atoms with Crippen LogP contribution >= 0.6 is 15.9 Å². The van der Waals surface area contributed by atoms with Gasteiger partial charge in [-0.15, -0.1) is 0 Å². The van der Waals surface area contributed by atoms with Gasteiger partial charge in [0.2, 0.25) is 10.0 Å². The number of hydrogen-bond acceptors (Lipinski definition) is 3. The van der Waals surface area contributed by atoms with Crippen LogP contribution < -0.4 is 10.5 Å². The smallest absolute Gasteiger partial charge is 0.211 e. The number of sulfonamides is 1. The molecule has 0 aliphatic rings. The lowest BCUT2D eigenvalue weighted by molar-refractivity contribution is 0.587. The predicted molar refractivity (Wildman–Crippen MR) is 65.1 cm³/mol. The molecule has 0 aliphatic heterocycles. The second-order valence-electron chi connectivity index (χ2n) is 3.13. The molecule has 0 bridgehead atoms. The van der Waals surface area contributed by atoms with Crippen molar-refractivity contribution >= 4 is 31.6 Å². The summed E-state index contributed by atoms with van der Waals surface area (Å²) in [5, 5.41) is 0. The van der Waals surface area contributed by atoms with Crippen molar-refractivity contribution in [1.29, 1.82) is 0 Å². The minimum atomic E-state index is -3.14. The molecule has 3 N–H and O–H groups in total. The highest BCUT2D eigenvalue weighted by Crippen LogP contribution is 2.20. The van der Waals surface area contributed by atoms with E-state index < -0.39 is 10.0 Å². The van der Waals surface area contributed by atoms with Crippen molar-refractivity contribution in [3.05, 3.63) is 28.2 Å². The zero-order valence-corrected chi connectivity index (χ0v) is 10.7. The average Bonchev–Trinajstić information content (AvgIpc) is 2.20. The molecular weight excluding hydrogens is 280 g/mol. The summed E-state index contributed by atoms with van der Waals surface area (Å²) in [5.41, 5.74) is 7.21. The Labute approximate surface area is 98.0 Å². The van der Waals surface area contributed by atoms with Crippen LogP contribution in [0.3, 0.4) is 0 Å². The van der Waals surface area contributed by atoms with E-state index in [4.69, 9.17) is 5.73 Å². The van der Waals surface area contributed by atoms with Gasteiger partial charge in [0.25, 0.3) is 0 Å².